The van der Waals surface area contributed by atoms with Crippen molar-refractivity contribution in [1.29, 1.82) is 0 Å². The fourth-order valence-electron chi connectivity index (χ4n) is 4.64. The quantitative estimate of drug-likeness (QED) is 0.754. The van der Waals surface area contributed by atoms with Crippen LogP contribution in [0.3, 0.4) is 0 Å². The molecule has 1 heterocycles. The van der Waals surface area contributed by atoms with Crippen molar-refractivity contribution in [2.45, 2.75) is 46.0 Å². The molecule has 1 saturated heterocycles. The first-order valence-electron chi connectivity index (χ1n) is 7.48. The van der Waals surface area contributed by atoms with Gasteiger partial charge in [-0.1, -0.05) is 39.5 Å². The van der Waals surface area contributed by atoms with Crippen molar-refractivity contribution in [3.05, 3.63) is 0 Å². The normalized spacial score (nSPS) is 48.8. The first kappa shape index (κ1) is 11.1. The van der Waals surface area contributed by atoms with Gasteiger partial charge in [-0.2, -0.15) is 0 Å². The maximum absolute atomic E-state index is 3.43. The van der Waals surface area contributed by atoms with Gasteiger partial charge in [0.05, 0.1) is 0 Å². The van der Waals surface area contributed by atoms with Crippen LogP contribution in [-0.4, -0.2) is 13.1 Å². The van der Waals surface area contributed by atoms with E-state index in [0.717, 1.165) is 35.5 Å². The molecule has 0 amide bonds. The van der Waals surface area contributed by atoms with Crippen LogP contribution in [0.4, 0.5) is 0 Å². The highest BCUT2D eigenvalue weighted by molar-refractivity contribution is 5.01. The molecule has 0 aromatic rings. The molecule has 5 atom stereocenters. The second-order valence-electron chi connectivity index (χ2n) is 6.80. The van der Waals surface area contributed by atoms with E-state index < -0.39 is 0 Å². The minimum atomic E-state index is 1.02. The van der Waals surface area contributed by atoms with Crippen molar-refractivity contribution in [2.75, 3.05) is 13.1 Å². The van der Waals surface area contributed by atoms with Gasteiger partial charge in [0.1, 0.15) is 0 Å². The van der Waals surface area contributed by atoms with Crippen molar-refractivity contribution in [2.24, 2.45) is 35.5 Å². The molecule has 2 saturated carbocycles. The van der Waals surface area contributed by atoms with Crippen LogP contribution in [0, 0.1) is 35.5 Å². The lowest BCUT2D eigenvalue weighted by molar-refractivity contribution is 0.220. The average molecular weight is 221 g/mol. The molecule has 1 nitrogen and oxygen atoms in total. The summed E-state index contributed by atoms with van der Waals surface area (Å²) in [5.74, 6) is 6.37. The Morgan fingerprint density at radius 2 is 1.75 bits per heavy atom. The SMILES string of the molecule is CC1CCCCC(CC2CNC2)C2C(C)C12. The Bertz CT molecular complexity index is 246. The van der Waals surface area contributed by atoms with E-state index in [1.54, 1.807) is 0 Å². The molecule has 1 N–H and O–H groups in total. The highest BCUT2D eigenvalue weighted by atomic mass is 14.9. The Kier molecular flexibility index (Phi) is 2.99. The highest BCUT2D eigenvalue weighted by Gasteiger charge is 2.53. The van der Waals surface area contributed by atoms with Gasteiger partial charge in [-0.3, -0.25) is 0 Å². The van der Waals surface area contributed by atoms with Gasteiger partial charge in [0.15, 0.2) is 0 Å². The second-order valence-corrected chi connectivity index (χ2v) is 6.80. The van der Waals surface area contributed by atoms with Crippen molar-refractivity contribution in [1.82, 2.24) is 5.32 Å². The molecule has 92 valence electrons. The monoisotopic (exact) mass is 221 g/mol. The van der Waals surface area contributed by atoms with Crippen LogP contribution in [0.1, 0.15) is 46.0 Å². The minimum absolute atomic E-state index is 1.02. The van der Waals surface area contributed by atoms with E-state index in [2.05, 4.69) is 19.2 Å². The lowest BCUT2D eigenvalue weighted by Crippen LogP contribution is -2.43. The van der Waals surface area contributed by atoms with Gasteiger partial charge in [0.2, 0.25) is 0 Å². The van der Waals surface area contributed by atoms with Crippen LogP contribution in [0.25, 0.3) is 0 Å². The van der Waals surface area contributed by atoms with E-state index in [1.807, 2.05) is 0 Å². The van der Waals surface area contributed by atoms with Crippen LogP contribution >= 0.6 is 0 Å². The largest absolute Gasteiger partial charge is 0.316 e. The van der Waals surface area contributed by atoms with E-state index in [9.17, 15) is 0 Å². The van der Waals surface area contributed by atoms with Gasteiger partial charge < -0.3 is 5.32 Å². The van der Waals surface area contributed by atoms with E-state index in [4.69, 9.17) is 0 Å². The first-order valence-corrected chi connectivity index (χ1v) is 7.48. The zero-order valence-electron chi connectivity index (χ0n) is 10.9. The maximum Gasteiger partial charge on any atom is -0.000815 e. The van der Waals surface area contributed by atoms with Crippen molar-refractivity contribution in [3.63, 3.8) is 0 Å². The molecular formula is C15H27N. The summed E-state index contributed by atoms with van der Waals surface area (Å²) in [5.41, 5.74) is 0. The number of hydrogen-bond donors (Lipinski definition) is 1. The van der Waals surface area contributed by atoms with Crippen molar-refractivity contribution >= 4 is 0 Å². The summed E-state index contributed by atoms with van der Waals surface area (Å²) in [4.78, 5) is 0. The summed E-state index contributed by atoms with van der Waals surface area (Å²) in [6.07, 6.45) is 7.57. The molecule has 0 bridgehead atoms. The van der Waals surface area contributed by atoms with E-state index >= 15 is 0 Å². The summed E-state index contributed by atoms with van der Waals surface area (Å²) < 4.78 is 0. The Labute approximate surface area is 100 Å². The van der Waals surface area contributed by atoms with Gasteiger partial charge in [-0.25, -0.2) is 0 Å². The third-order valence-electron chi connectivity index (χ3n) is 5.71. The molecule has 3 rings (SSSR count). The predicted octanol–water partition coefficient (Wildman–Crippen LogP) is 3.30. The van der Waals surface area contributed by atoms with Gasteiger partial charge in [0, 0.05) is 0 Å². The molecule has 3 aliphatic rings. The number of fused-ring (bicyclic) bond motifs is 1. The van der Waals surface area contributed by atoms with E-state index in [1.165, 1.54) is 45.2 Å². The lowest BCUT2D eigenvalue weighted by atomic mass is 9.80. The van der Waals surface area contributed by atoms with E-state index in [-0.39, 0.29) is 0 Å². The van der Waals surface area contributed by atoms with E-state index in [0.29, 0.717) is 0 Å². The molecular weight excluding hydrogens is 194 g/mol. The fraction of sp³-hybridized carbons (Fsp3) is 1.00. The Hall–Kier alpha value is -0.0400. The third-order valence-corrected chi connectivity index (χ3v) is 5.71. The van der Waals surface area contributed by atoms with Crippen LogP contribution in [0.15, 0.2) is 0 Å². The summed E-state index contributed by atoms with van der Waals surface area (Å²) in [5, 5.41) is 3.43. The molecule has 5 unspecified atom stereocenters. The lowest BCUT2D eigenvalue weighted by Gasteiger charge is -2.32. The van der Waals surface area contributed by atoms with Crippen LogP contribution in [0.2, 0.25) is 0 Å². The molecule has 0 aromatic heterocycles. The molecule has 0 spiro atoms. The van der Waals surface area contributed by atoms with Crippen molar-refractivity contribution < 1.29 is 0 Å². The first-order chi connectivity index (χ1) is 7.77. The van der Waals surface area contributed by atoms with Gasteiger partial charge in [-0.05, 0) is 55.0 Å². The summed E-state index contributed by atoms with van der Waals surface area (Å²) in [6, 6.07) is 0. The van der Waals surface area contributed by atoms with Crippen LogP contribution in [-0.2, 0) is 0 Å². The Morgan fingerprint density at radius 1 is 1.00 bits per heavy atom. The highest BCUT2D eigenvalue weighted by Crippen LogP contribution is 2.59. The molecule has 1 heteroatoms. The summed E-state index contributed by atoms with van der Waals surface area (Å²) in [6.45, 7) is 7.63. The summed E-state index contributed by atoms with van der Waals surface area (Å²) in [7, 11) is 0. The van der Waals surface area contributed by atoms with Gasteiger partial charge in [-0.15, -0.1) is 0 Å². The van der Waals surface area contributed by atoms with Crippen molar-refractivity contribution in [3.8, 4) is 0 Å². The standard InChI is InChI=1S/C15H27N/c1-10-5-3-4-6-13(7-12-8-16-9-12)15-11(2)14(10)15/h10-16H,3-9H2,1-2H3. The second kappa shape index (κ2) is 4.33. The number of hydrogen-bond acceptors (Lipinski definition) is 1. The number of nitrogens with one attached hydrogen (secondary N) is 1. The smallest absolute Gasteiger partial charge is 0.000815 e. The predicted molar refractivity (Wildman–Crippen MR) is 68.2 cm³/mol. The Morgan fingerprint density at radius 3 is 2.44 bits per heavy atom. The molecule has 2 aliphatic carbocycles. The summed E-state index contributed by atoms with van der Waals surface area (Å²) >= 11 is 0. The molecule has 3 fully saturated rings. The third kappa shape index (κ3) is 1.92. The molecule has 16 heavy (non-hydrogen) atoms. The molecule has 0 radical (unpaired) electrons. The zero-order valence-corrected chi connectivity index (χ0v) is 10.9. The maximum atomic E-state index is 3.43. The molecule has 0 aromatic carbocycles. The fourth-order valence-corrected chi connectivity index (χ4v) is 4.64. The minimum Gasteiger partial charge on any atom is -0.316 e. The zero-order chi connectivity index (χ0) is 11.1. The van der Waals surface area contributed by atoms with Gasteiger partial charge in [0.25, 0.3) is 0 Å². The van der Waals surface area contributed by atoms with Crippen LogP contribution < -0.4 is 5.32 Å². The number of rotatable bonds is 2. The van der Waals surface area contributed by atoms with Gasteiger partial charge >= 0.3 is 0 Å². The Balaban J connectivity index is 1.62. The topological polar surface area (TPSA) is 12.0 Å². The average Bonchev–Trinajstić information content (AvgIpc) is 2.83. The molecule has 1 aliphatic heterocycles. The van der Waals surface area contributed by atoms with Crippen LogP contribution in [0.5, 0.6) is 0 Å².